The first kappa shape index (κ1) is 14.5. The molecule has 0 fully saturated rings. The molecule has 1 aromatic rings. The highest BCUT2D eigenvalue weighted by Crippen LogP contribution is 2.18. The molecule has 0 bridgehead atoms. The third-order valence-corrected chi connectivity index (χ3v) is 2.92. The molecule has 0 saturated carbocycles. The number of hydrogen-bond donors (Lipinski definition) is 2. The summed E-state index contributed by atoms with van der Waals surface area (Å²) in [6.45, 7) is 2.45. The van der Waals surface area contributed by atoms with E-state index in [1.165, 1.54) is 0 Å². The predicted octanol–water partition coefficient (Wildman–Crippen LogP) is 2.07. The second kappa shape index (κ2) is 7.01. The van der Waals surface area contributed by atoms with Crippen molar-refractivity contribution < 1.29 is 4.79 Å². The number of amides is 1. The minimum Gasteiger partial charge on any atom is -0.378 e. The maximum atomic E-state index is 12.0. The number of anilines is 2. The van der Waals surface area contributed by atoms with Crippen LogP contribution in [0.3, 0.4) is 0 Å². The molecule has 1 atom stereocenters. The Morgan fingerprint density at radius 3 is 2.72 bits per heavy atom. The van der Waals surface area contributed by atoms with Crippen molar-refractivity contribution in [3.8, 4) is 0 Å². The standard InChI is InChI=1S/C14H23N3O/c1-4-6-11(10-15)14(18)16-12-7-5-8-13(9-12)17(2)3/h5,7-9,11H,4,6,10,15H2,1-3H3,(H,16,18). The molecular formula is C14H23N3O. The molecule has 1 unspecified atom stereocenters. The lowest BCUT2D eigenvalue weighted by Crippen LogP contribution is -2.29. The predicted molar refractivity (Wildman–Crippen MR) is 76.9 cm³/mol. The number of rotatable bonds is 6. The fourth-order valence-corrected chi connectivity index (χ4v) is 1.81. The number of nitrogens with one attached hydrogen (secondary N) is 1. The fourth-order valence-electron chi connectivity index (χ4n) is 1.81. The Hall–Kier alpha value is -1.55. The van der Waals surface area contributed by atoms with E-state index >= 15 is 0 Å². The Kier molecular flexibility index (Phi) is 5.65. The quantitative estimate of drug-likeness (QED) is 0.811. The van der Waals surface area contributed by atoms with Crippen LogP contribution in [-0.4, -0.2) is 26.5 Å². The Balaban J connectivity index is 2.71. The SMILES string of the molecule is CCCC(CN)C(=O)Nc1cccc(N(C)C)c1. The Morgan fingerprint density at radius 2 is 2.17 bits per heavy atom. The fraction of sp³-hybridized carbons (Fsp3) is 0.500. The van der Waals surface area contributed by atoms with Gasteiger partial charge in [-0.3, -0.25) is 4.79 Å². The third kappa shape index (κ3) is 4.04. The number of nitrogens with two attached hydrogens (primary N) is 1. The van der Waals surface area contributed by atoms with Gasteiger partial charge >= 0.3 is 0 Å². The first-order chi connectivity index (χ1) is 8.58. The molecule has 100 valence electrons. The van der Waals surface area contributed by atoms with Crippen LogP contribution in [0.25, 0.3) is 0 Å². The summed E-state index contributed by atoms with van der Waals surface area (Å²) in [6.07, 6.45) is 1.79. The van der Waals surface area contributed by atoms with E-state index in [-0.39, 0.29) is 11.8 Å². The zero-order valence-electron chi connectivity index (χ0n) is 11.4. The summed E-state index contributed by atoms with van der Waals surface area (Å²) >= 11 is 0. The van der Waals surface area contributed by atoms with Gasteiger partial charge in [-0.2, -0.15) is 0 Å². The molecule has 1 amide bonds. The number of nitrogens with zero attached hydrogens (tertiary/aromatic N) is 1. The van der Waals surface area contributed by atoms with Gasteiger partial charge in [0.2, 0.25) is 5.91 Å². The van der Waals surface area contributed by atoms with Crippen molar-refractivity contribution in [3.05, 3.63) is 24.3 Å². The summed E-state index contributed by atoms with van der Waals surface area (Å²) in [5.41, 5.74) is 7.51. The second-order valence-corrected chi connectivity index (χ2v) is 4.66. The summed E-state index contributed by atoms with van der Waals surface area (Å²) in [5.74, 6) is -0.0896. The maximum Gasteiger partial charge on any atom is 0.228 e. The molecule has 3 N–H and O–H groups in total. The van der Waals surface area contributed by atoms with Crippen molar-refractivity contribution in [2.24, 2.45) is 11.7 Å². The number of hydrogen-bond acceptors (Lipinski definition) is 3. The topological polar surface area (TPSA) is 58.4 Å². The molecule has 0 aromatic heterocycles. The van der Waals surface area contributed by atoms with Gasteiger partial charge in [-0.05, 0) is 24.6 Å². The van der Waals surface area contributed by atoms with Crippen molar-refractivity contribution in [3.63, 3.8) is 0 Å². The molecule has 0 saturated heterocycles. The molecule has 0 spiro atoms. The van der Waals surface area contributed by atoms with Crippen LogP contribution in [0.4, 0.5) is 11.4 Å². The van der Waals surface area contributed by atoms with Crippen LogP contribution < -0.4 is 16.0 Å². The molecule has 0 aliphatic heterocycles. The van der Waals surface area contributed by atoms with E-state index in [1.807, 2.05) is 43.3 Å². The van der Waals surface area contributed by atoms with Crippen LogP contribution in [-0.2, 0) is 4.79 Å². The molecule has 0 radical (unpaired) electrons. The number of carbonyl (C=O) groups excluding carboxylic acids is 1. The van der Waals surface area contributed by atoms with Crippen molar-refractivity contribution in [1.29, 1.82) is 0 Å². The molecule has 18 heavy (non-hydrogen) atoms. The summed E-state index contributed by atoms with van der Waals surface area (Å²) in [6, 6.07) is 7.78. The number of carbonyl (C=O) groups is 1. The van der Waals surface area contributed by atoms with Crippen LogP contribution >= 0.6 is 0 Å². The average molecular weight is 249 g/mol. The first-order valence-corrected chi connectivity index (χ1v) is 6.36. The summed E-state index contributed by atoms with van der Waals surface area (Å²) in [4.78, 5) is 14.0. The van der Waals surface area contributed by atoms with E-state index in [0.717, 1.165) is 24.2 Å². The monoisotopic (exact) mass is 249 g/mol. The lowest BCUT2D eigenvalue weighted by Gasteiger charge is -2.16. The smallest absolute Gasteiger partial charge is 0.228 e. The summed E-state index contributed by atoms with van der Waals surface area (Å²) in [7, 11) is 3.95. The largest absolute Gasteiger partial charge is 0.378 e. The van der Waals surface area contributed by atoms with Gasteiger partial charge in [-0.25, -0.2) is 0 Å². The first-order valence-electron chi connectivity index (χ1n) is 6.36. The molecule has 1 aromatic carbocycles. The van der Waals surface area contributed by atoms with Gasteiger partial charge in [0.25, 0.3) is 0 Å². The Labute approximate surface area is 109 Å². The molecular weight excluding hydrogens is 226 g/mol. The highest BCUT2D eigenvalue weighted by molar-refractivity contribution is 5.93. The lowest BCUT2D eigenvalue weighted by molar-refractivity contribution is -0.119. The second-order valence-electron chi connectivity index (χ2n) is 4.66. The minimum atomic E-state index is -0.0991. The highest BCUT2D eigenvalue weighted by atomic mass is 16.1. The molecule has 0 aliphatic carbocycles. The van der Waals surface area contributed by atoms with Crippen molar-refractivity contribution in [2.45, 2.75) is 19.8 Å². The van der Waals surface area contributed by atoms with Crippen LogP contribution in [0, 0.1) is 5.92 Å². The molecule has 1 rings (SSSR count). The van der Waals surface area contributed by atoms with Gasteiger partial charge in [-0.1, -0.05) is 19.4 Å². The van der Waals surface area contributed by atoms with Gasteiger partial charge in [-0.15, -0.1) is 0 Å². The number of benzene rings is 1. The lowest BCUT2D eigenvalue weighted by atomic mass is 10.0. The van der Waals surface area contributed by atoms with Crippen molar-refractivity contribution in [2.75, 3.05) is 30.9 Å². The average Bonchev–Trinajstić information content (AvgIpc) is 2.36. The zero-order chi connectivity index (χ0) is 13.5. The Morgan fingerprint density at radius 1 is 1.44 bits per heavy atom. The highest BCUT2D eigenvalue weighted by Gasteiger charge is 2.15. The zero-order valence-corrected chi connectivity index (χ0v) is 11.4. The van der Waals surface area contributed by atoms with Crippen LogP contribution in [0.1, 0.15) is 19.8 Å². The van der Waals surface area contributed by atoms with Crippen LogP contribution in [0.15, 0.2) is 24.3 Å². The van der Waals surface area contributed by atoms with Crippen LogP contribution in [0.2, 0.25) is 0 Å². The van der Waals surface area contributed by atoms with E-state index in [1.54, 1.807) is 0 Å². The third-order valence-electron chi connectivity index (χ3n) is 2.92. The van der Waals surface area contributed by atoms with E-state index in [0.29, 0.717) is 6.54 Å². The van der Waals surface area contributed by atoms with Crippen LogP contribution in [0.5, 0.6) is 0 Å². The van der Waals surface area contributed by atoms with Gasteiger partial charge < -0.3 is 16.0 Å². The molecule has 4 heteroatoms. The van der Waals surface area contributed by atoms with Gasteiger partial charge in [0.15, 0.2) is 0 Å². The molecule has 4 nitrogen and oxygen atoms in total. The van der Waals surface area contributed by atoms with Crippen molar-refractivity contribution >= 4 is 17.3 Å². The minimum absolute atomic E-state index is 0.00950. The van der Waals surface area contributed by atoms with E-state index in [4.69, 9.17) is 5.73 Å². The van der Waals surface area contributed by atoms with E-state index in [9.17, 15) is 4.79 Å². The maximum absolute atomic E-state index is 12.0. The normalized spacial score (nSPS) is 12.0. The van der Waals surface area contributed by atoms with Crippen molar-refractivity contribution in [1.82, 2.24) is 0 Å². The Bertz CT molecular complexity index is 390. The molecule has 0 heterocycles. The summed E-state index contributed by atoms with van der Waals surface area (Å²) < 4.78 is 0. The van der Waals surface area contributed by atoms with Gasteiger partial charge in [0, 0.05) is 32.0 Å². The van der Waals surface area contributed by atoms with Gasteiger partial charge in [0.1, 0.15) is 0 Å². The summed E-state index contributed by atoms with van der Waals surface area (Å²) in [5, 5.41) is 2.93. The van der Waals surface area contributed by atoms with E-state index in [2.05, 4.69) is 12.2 Å². The van der Waals surface area contributed by atoms with E-state index < -0.39 is 0 Å². The van der Waals surface area contributed by atoms with Gasteiger partial charge in [0.05, 0.1) is 5.92 Å². The molecule has 0 aliphatic rings.